The molecule has 0 amide bonds. The molecular formula is C11H16N2O2. The minimum atomic E-state index is 0.0320. The van der Waals surface area contributed by atoms with Gasteiger partial charge in [0.05, 0.1) is 0 Å². The topological polar surface area (TPSA) is 55.0 Å². The fraction of sp³-hybridized carbons (Fsp3) is 0.636. The third kappa shape index (κ3) is 1.81. The van der Waals surface area contributed by atoms with Crippen molar-refractivity contribution in [3.05, 3.63) is 17.2 Å². The number of nitrogens with zero attached hydrogens (tertiary/aromatic N) is 1. The van der Waals surface area contributed by atoms with Gasteiger partial charge < -0.3 is 9.72 Å². The summed E-state index contributed by atoms with van der Waals surface area (Å²) in [7, 11) is 0. The van der Waals surface area contributed by atoms with Gasteiger partial charge >= 0.3 is 0 Å². The summed E-state index contributed by atoms with van der Waals surface area (Å²) in [4.78, 5) is 18.3. The van der Waals surface area contributed by atoms with Crippen LogP contribution in [-0.4, -0.2) is 29.5 Å². The molecule has 15 heavy (non-hydrogen) atoms. The minimum Gasteiger partial charge on any atom is -0.381 e. The zero-order valence-electron chi connectivity index (χ0n) is 9.17. The molecule has 1 aliphatic rings. The van der Waals surface area contributed by atoms with Gasteiger partial charge in [0.2, 0.25) is 0 Å². The molecule has 2 heterocycles. The van der Waals surface area contributed by atoms with Gasteiger partial charge in [-0.05, 0) is 19.8 Å². The van der Waals surface area contributed by atoms with Crippen LogP contribution in [0.25, 0.3) is 0 Å². The summed E-state index contributed by atoms with van der Waals surface area (Å²) in [6.07, 6.45) is 2.72. The number of nitrogens with one attached hydrogen (secondary N) is 1. The molecular weight excluding hydrogens is 192 g/mol. The van der Waals surface area contributed by atoms with Gasteiger partial charge in [-0.3, -0.25) is 4.79 Å². The summed E-state index contributed by atoms with van der Waals surface area (Å²) in [5, 5.41) is 0. The first kappa shape index (κ1) is 10.4. The number of hydrogen-bond acceptors (Lipinski definition) is 3. The van der Waals surface area contributed by atoms with Crippen molar-refractivity contribution >= 4 is 6.29 Å². The summed E-state index contributed by atoms with van der Waals surface area (Å²) in [5.74, 6) is 0.922. The maximum absolute atomic E-state index is 10.7. The van der Waals surface area contributed by atoms with Crippen LogP contribution in [0.3, 0.4) is 0 Å². The van der Waals surface area contributed by atoms with Crippen LogP contribution in [0.2, 0.25) is 0 Å². The smallest absolute Gasteiger partial charge is 0.170 e. The number of ether oxygens (including phenoxy) is 1. The molecule has 0 saturated carbocycles. The molecule has 1 aromatic rings. The maximum atomic E-state index is 10.7. The molecule has 0 atom stereocenters. The van der Waals surface area contributed by atoms with Crippen molar-refractivity contribution in [3.63, 3.8) is 0 Å². The standard InChI is InChI=1S/C11H16N2O2/c1-8-9(7-14)13-10(12-8)11(2)3-5-15-6-4-11/h7H,3-6H2,1-2H3,(H,12,13). The highest BCUT2D eigenvalue weighted by Crippen LogP contribution is 2.32. The first-order chi connectivity index (χ1) is 7.15. The lowest BCUT2D eigenvalue weighted by molar-refractivity contribution is 0.0538. The average molecular weight is 208 g/mol. The number of imidazole rings is 1. The summed E-state index contributed by atoms with van der Waals surface area (Å²) in [6, 6.07) is 0. The normalized spacial score (nSPS) is 20.1. The largest absolute Gasteiger partial charge is 0.381 e. The van der Waals surface area contributed by atoms with Crippen LogP contribution in [0.15, 0.2) is 0 Å². The lowest BCUT2D eigenvalue weighted by Gasteiger charge is -2.31. The Hall–Kier alpha value is -1.16. The zero-order chi connectivity index (χ0) is 10.9. The van der Waals surface area contributed by atoms with Crippen LogP contribution in [-0.2, 0) is 10.2 Å². The van der Waals surface area contributed by atoms with E-state index in [4.69, 9.17) is 4.74 Å². The number of aromatic nitrogens is 2. The van der Waals surface area contributed by atoms with Crippen LogP contribution in [0.4, 0.5) is 0 Å². The van der Waals surface area contributed by atoms with E-state index in [-0.39, 0.29) is 5.41 Å². The number of rotatable bonds is 2. The second-order valence-corrected chi connectivity index (χ2v) is 4.39. The SMILES string of the molecule is Cc1[nH]c(C2(C)CCOCC2)nc1C=O. The first-order valence-corrected chi connectivity index (χ1v) is 5.26. The van der Waals surface area contributed by atoms with E-state index >= 15 is 0 Å². The molecule has 1 saturated heterocycles. The molecule has 0 bridgehead atoms. The summed E-state index contributed by atoms with van der Waals surface area (Å²) in [5.41, 5.74) is 1.41. The number of carbonyl (C=O) groups is 1. The van der Waals surface area contributed by atoms with Gasteiger partial charge in [0, 0.05) is 24.3 Å². The molecule has 0 radical (unpaired) electrons. The Morgan fingerprint density at radius 1 is 1.47 bits per heavy atom. The highest BCUT2D eigenvalue weighted by atomic mass is 16.5. The summed E-state index contributed by atoms with van der Waals surface area (Å²) in [6.45, 7) is 5.59. The number of aldehydes is 1. The Morgan fingerprint density at radius 3 is 2.67 bits per heavy atom. The Labute approximate surface area is 89.0 Å². The van der Waals surface area contributed by atoms with Crippen molar-refractivity contribution in [2.24, 2.45) is 0 Å². The van der Waals surface area contributed by atoms with E-state index < -0.39 is 0 Å². The van der Waals surface area contributed by atoms with E-state index in [0.29, 0.717) is 5.69 Å². The van der Waals surface area contributed by atoms with Crippen molar-refractivity contribution in [1.82, 2.24) is 9.97 Å². The molecule has 0 unspecified atom stereocenters. The number of hydrogen-bond donors (Lipinski definition) is 1. The van der Waals surface area contributed by atoms with Crippen LogP contribution in [0.5, 0.6) is 0 Å². The molecule has 2 rings (SSSR count). The number of carbonyl (C=O) groups excluding carboxylic acids is 1. The van der Waals surface area contributed by atoms with Gasteiger partial charge in [-0.15, -0.1) is 0 Å². The molecule has 0 spiro atoms. The van der Waals surface area contributed by atoms with Crippen molar-refractivity contribution in [1.29, 1.82) is 0 Å². The van der Waals surface area contributed by atoms with Crippen LogP contribution in [0, 0.1) is 6.92 Å². The third-order valence-corrected chi connectivity index (χ3v) is 3.20. The highest BCUT2D eigenvalue weighted by Gasteiger charge is 2.32. The quantitative estimate of drug-likeness (QED) is 0.751. The monoisotopic (exact) mass is 208 g/mol. The highest BCUT2D eigenvalue weighted by molar-refractivity contribution is 5.73. The molecule has 82 valence electrons. The Bertz CT molecular complexity index is 365. The van der Waals surface area contributed by atoms with Crippen LogP contribution < -0.4 is 0 Å². The Morgan fingerprint density at radius 2 is 2.13 bits per heavy atom. The van der Waals surface area contributed by atoms with Gasteiger partial charge in [-0.1, -0.05) is 6.92 Å². The van der Waals surface area contributed by atoms with Crippen molar-refractivity contribution in [2.45, 2.75) is 32.1 Å². The number of H-pyrrole nitrogens is 1. The van der Waals surface area contributed by atoms with E-state index in [1.54, 1.807) is 0 Å². The maximum Gasteiger partial charge on any atom is 0.170 e. The molecule has 4 nitrogen and oxygen atoms in total. The van der Waals surface area contributed by atoms with E-state index in [0.717, 1.165) is 43.9 Å². The fourth-order valence-corrected chi connectivity index (χ4v) is 1.93. The predicted molar refractivity (Wildman–Crippen MR) is 56.1 cm³/mol. The summed E-state index contributed by atoms with van der Waals surface area (Å²) >= 11 is 0. The van der Waals surface area contributed by atoms with Crippen molar-refractivity contribution in [2.75, 3.05) is 13.2 Å². The van der Waals surface area contributed by atoms with E-state index in [1.807, 2.05) is 6.92 Å². The minimum absolute atomic E-state index is 0.0320. The average Bonchev–Trinajstić information content (AvgIpc) is 2.61. The second-order valence-electron chi connectivity index (χ2n) is 4.39. The van der Waals surface area contributed by atoms with Crippen molar-refractivity contribution < 1.29 is 9.53 Å². The molecule has 4 heteroatoms. The Kier molecular flexibility index (Phi) is 2.61. The predicted octanol–water partition coefficient (Wildman–Crippen LogP) is 1.60. The Balaban J connectivity index is 2.30. The van der Waals surface area contributed by atoms with E-state index in [1.165, 1.54) is 0 Å². The van der Waals surface area contributed by atoms with Gasteiger partial charge in [0.1, 0.15) is 11.5 Å². The van der Waals surface area contributed by atoms with Crippen molar-refractivity contribution in [3.8, 4) is 0 Å². The second kappa shape index (κ2) is 3.77. The number of aromatic amines is 1. The molecule has 0 aliphatic carbocycles. The first-order valence-electron chi connectivity index (χ1n) is 5.26. The van der Waals surface area contributed by atoms with Gasteiger partial charge in [0.15, 0.2) is 6.29 Å². The lowest BCUT2D eigenvalue weighted by atomic mass is 9.82. The van der Waals surface area contributed by atoms with E-state index in [2.05, 4.69) is 16.9 Å². The van der Waals surface area contributed by atoms with Gasteiger partial charge in [-0.2, -0.15) is 0 Å². The zero-order valence-corrected chi connectivity index (χ0v) is 9.17. The lowest BCUT2D eigenvalue weighted by Crippen LogP contribution is -2.31. The van der Waals surface area contributed by atoms with Crippen LogP contribution >= 0.6 is 0 Å². The van der Waals surface area contributed by atoms with Gasteiger partial charge in [0.25, 0.3) is 0 Å². The van der Waals surface area contributed by atoms with Crippen LogP contribution in [0.1, 0.15) is 41.8 Å². The van der Waals surface area contributed by atoms with E-state index in [9.17, 15) is 4.79 Å². The molecule has 0 aromatic carbocycles. The molecule has 1 aromatic heterocycles. The van der Waals surface area contributed by atoms with Gasteiger partial charge in [-0.25, -0.2) is 4.98 Å². The third-order valence-electron chi connectivity index (χ3n) is 3.20. The summed E-state index contributed by atoms with van der Waals surface area (Å²) < 4.78 is 5.34. The molecule has 1 N–H and O–H groups in total. The number of aryl methyl sites for hydroxylation is 1. The molecule has 1 aliphatic heterocycles. The fourth-order valence-electron chi connectivity index (χ4n) is 1.93. The molecule has 1 fully saturated rings.